The highest BCUT2D eigenvalue weighted by molar-refractivity contribution is 7.93. The topological polar surface area (TPSA) is 136 Å². The summed E-state index contributed by atoms with van der Waals surface area (Å²) in [5.41, 5.74) is 5.93. The number of pyridine rings is 1. The summed E-state index contributed by atoms with van der Waals surface area (Å²) < 4.78 is 52.6. The van der Waals surface area contributed by atoms with Crippen LogP contribution in [0.3, 0.4) is 0 Å². The molecule has 3 N–H and O–H groups in total. The van der Waals surface area contributed by atoms with E-state index in [1.807, 2.05) is 0 Å². The van der Waals surface area contributed by atoms with Crippen LogP contribution in [0.5, 0.6) is 0 Å². The Morgan fingerprint density at radius 3 is 1.86 bits per heavy atom. The average Bonchev–Trinajstić information content (AvgIpc) is 3.28. The summed E-state index contributed by atoms with van der Waals surface area (Å²) in [4.78, 5) is 0.0352. The van der Waals surface area contributed by atoms with Gasteiger partial charge in [-0.3, -0.25) is 4.72 Å². The smallest absolute Gasteiger partial charge is 0.253 e. The number of sulfonamides is 2. The number of anilines is 1. The van der Waals surface area contributed by atoms with Crippen molar-refractivity contribution in [2.45, 2.75) is 80.9 Å². The first-order chi connectivity index (χ1) is 17.1. The highest BCUT2D eigenvalue weighted by Gasteiger charge is 2.24. The number of nitrogens with zero attached hydrogens (tertiary/aromatic N) is 3. The van der Waals surface area contributed by atoms with Crippen LogP contribution in [0.2, 0.25) is 0 Å². The molecule has 4 rings (SSSR count). The molecule has 3 aromatic rings. The van der Waals surface area contributed by atoms with E-state index in [9.17, 15) is 16.8 Å². The van der Waals surface area contributed by atoms with Gasteiger partial charge in [-0.15, -0.1) is 10.2 Å². The molecule has 0 spiro atoms. The van der Waals surface area contributed by atoms with Gasteiger partial charge in [0.2, 0.25) is 15.2 Å². The Bertz CT molecular complexity index is 1420. The number of primary sulfonamides is 1. The molecule has 36 heavy (non-hydrogen) atoms. The van der Waals surface area contributed by atoms with Gasteiger partial charge in [-0.2, -0.15) is 4.57 Å². The number of fused-ring (bicyclic) bond motifs is 2. The molecule has 2 aromatic heterocycles. The SMILES string of the molecule is Cc1c2cc(c(C)[n+]1-c1ccc(S(=O)(=O)Nc3nnc(S(N)(=O)=O)s3)cc1)CCCCCCCCC2. The van der Waals surface area contributed by atoms with E-state index < -0.39 is 24.4 Å². The van der Waals surface area contributed by atoms with Crippen molar-refractivity contribution < 1.29 is 21.4 Å². The van der Waals surface area contributed by atoms with Crippen LogP contribution in [0.15, 0.2) is 39.6 Å². The predicted octanol–water partition coefficient (Wildman–Crippen LogP) is 3.71. The zero-order chi connectivity index (χ0) is 25.9. The highest BCUT2D eigenvalue weighted by atomic mass is 32.2. The van der Waals surface area contributed by atoms with Crippen molar-refractivity contribution in [2.75, 3.05) is 4.72 Å². The van der Waals surface area contributed by atoms with E-state index in [0.29, 0.717) is 11.3 Å². The second-order valence-corrected chi connectivity index (χ2v) is 13.6. The maximum absolute atomic E-state index is 12.9. The summed E-state index contributed by atoms with van der Waals surface area (Å²) >= 11 is 0.557. The summed E-state index contributed by atoms with van der Waals surface area (Å²) in [6.45, 7) is 4.26. The van der Waals surface area contributed by atoms with Crippen LogP contribution in [-0.2, 0) is 32.9 Å². The molecule has 1 aliphatic carbocycles. The fraction of sp³-hybridized carbons (Fsp3) is 0.458. The van der Waals surface area contributed by atoms with Crippen molar-refractivity contribution in [3.63, 3.8) is 0 Å². The quantitative estimate of drug-likeness (QED) is 0.465. The van der Waals surface area contributed by atoms with Crippen LogP contribution >= 0.6 is 11.3 Å². The van der Waals surface area contributed by atoms with Gasteiger partial charge in [0.05, 0.1) is 4.90 Å². The van der Waals surface area contributed by atoms with Gasteiger partial charge >= 0.3 is 0 Å². The molecule has 0 aliphatic heterocycles. The third kappa shape index (κ3) is 6.10. The molecular formula is C24H32N5O4S3+. The van der Waals surface area contributed by atoms with Crippen molar-refractivity contribution in [3.8, 4) is 5.69 Å². The van der Waals surface area contributed by atoms with Crippen LogP contribution in [-0.4, -0.2) is 27.0 Å². The molecule has 0 radical (unpaired) electrons. The molecule has 1 aromatic carbocycles. The van der Waals surface area contributed by atoms with Gasteiger partial charge in [0.1, 0.15) is 0 Å². The van der Waals surface area contributed by atoms with E-state index in [1.165, 1.54) is 79.6 Å². The highest BCUT2D eigenvalue weighted by Crippen LogP contribution is 2.24. The molecule has 0 atom stereocenters. The van der Waals surface area contributed by atoms with Gasteiger partial charge < -0.3 is 0 Å². The zero-order valence-corrected chi connectivity index (χ0v) is 23.0. The Balaban J connectivity index is 1.64. The summed E-state index contributed by atoms with van der Waals surface area (Å²) in [6, 6.07) is 9.03. The van der Waals surface area contributed by atoms with Crippen molar-refractivity contribution in [2.24, 2.45) is 5.14 Å². The predicted molar refractivity (Wildman–Crippen MR) is 139 cm³/mol. The number of hydrogen-bond donors (Lipinski definition) is 2. The monoisotopic (exact) mass is 550 g/mol. The largest absolute Gasteiger partial charge is 0.267 e. The lowest BCUT2D eigenvalue weighted by Crippen LogP contribution is -2.40. The number of nitrogens with two attached hydrogens (primary N) is 1. The van der Waals surface area contributed by atoms with Crippen LogP contribution in [0, 0.1) is 13.8 Å². The molecule has 12 heteroatoms. The molecule has 2 bridgehead atoms. The van der Waals surface area contributed by atoms with Gasteiger partial charge in [-0.05, 0) is 43.9 Å². The van der Waals surface area contributed by atoms with Gasteiger partial charge in [0, 0.05) is 37.1 Å². The molecule has 194 valence electrons. The molecule has 2 heterocycles. The number of hydrogen-bond acceptors (Lipinski definition) is 7. The van der Waals surface area contributed by atoms with E-state index in [2.05, 4.69) is 39.4 Å². The Morgan fingerprint density at radius 1 is 0.833 bits per heavy atom. The van der Waals surface area contributed by atoms with Crippen LogP contribution in [0.4, 0.5) is 5.13 Å². The fourth-order valence-corrected chi connectivity index (χ4v) is 7.24. The number of nitrogens with one attached hydrogen (secondary N) is 1. The molecule has 1 aliphatic rings. The number of rotatable bonds is 5. The normalized spacial score (nSPS) is 15.6. The second kappa shape index (κ2) is 10.9. The van der Waals surface area contributed by atoms with Crippen LogP contribution in [0.1, 0.15) is 67.5 Å². The van der Waals surface area contributed by atoms with Crippen molar-refractivity contribution in [1.29, 1.82) is 0 Å². The summed E-state index contributed by atoms with van der Waals surface area (Å²) in [6.07, 6.45) is 10.8. The molecular weight excluding hydrogens is 518 g/mol. The van der Waals surface area contributed by atoms with E-state index >= 15 is 0 Å². The lowest BCUT2D eigenvalue weighted by Gasteiger charge is -2.14. The first kappa shape index (κ1) is 26.6. The summed E-state index contributed by atoms with van der Waals surface area (Å²) in [5.74, 6) is 0. The third-order valence-electron chi connectivity index (χ3n) is 6.62. The van der Waals surface area contributed by atoms with Crippen molar-refractivity contribution >= 4 is 36.5 Å². The molecule has 0 fully saturated rings. The minimum absolute atomic E-state index is 0.0352. The Kier molecular flexibility index (Phi) is 8.08. The average molecular weight is 551 g/mol. The lowest BCUT2D eigenvalue weighted by molar-refractivity contribution is -0.610. The second-order valence-electron chi connectivity index (χ2n) is 9.19. The van der Waals surface area contributed by atoms with Crippen molar-refractivity contribution in [3.05, 3.63) is 52.8 Å². The number of aromatic nitrogens is 3. The summed E-state index contributed by atoms with van der Waals surface area (Å²) in [7, 11) is -8.05. The van der Waals surface area contributed by atoms with Gasteiger partial charge in [-0.25, -0.2) is 22.0 Å². The van der Waals surface area contributed by atoms with E-state index in [4.69, 9.17) is 5.14 Å². The van der Waals surface area contributed by atoms with Gasteiger partial charge in [0.15, 0.2) is 11.4 Å². The molecule has 0 amide bonds. The van der Waals surface area contributed by atoms with Crippen LogP contribution in [0.25, 0.3) is 5.69 Å². The Morgan fingerprint density at radius 2 is 1.36 bits per heavy atom. The Hall–Kier alpha value is -2.41. The molecule has 9 nitrogen and oxygen atoms in total. The third-order valence-corrected chi connectivity index (χ3v) is 10.3. The number of benzene rings is 1. The summed E-state index contributed by atoms with van der Waals surface area (Å²) in [5, 5.41) is 11.9. The fourth-order valence-electron chi connectivity index (χ4n) is 4.68. The standard InChI is InChI=1S/C24H32N5O4S3/c1-17-19-10-8-6-4-3-5-7-9-11-20(16-19)18(2)29(17)21-12-14-22(15-13-21)36(32,33)28-23-26-27-24(34-23)35(25,30)31/h12-16H,3-11H2,1-2H3,(H,26,28)(H2,25,30,31)/q+1. The van der Waals surface area contributed by atoms with Gasteiger partial charge in [-0.1, -0.05) is 43.4 Å². The van der Waals surface area contributed by atoms with Crippen molar-refractivity contribution in [1.82, 2.24) is 10.2 Å². The van der Waals surface area contributed by atoms with E-state index in [0.717, 1.165) is 18.5 Å². The Labute approximate surface area is 216 Å². The molecule has 0 saturated carbocycles. The first-order valence-electron chi connectivity index (χ1n) is 12.1. The first-order valence-corrected chi connectivity index (χ1v) is 15.9. The zero-order valence-electron chi connectivity index (χ0n) is 20.5. The van der Waals surface area contributed by atoms with Gasteiger partial charge in [0.25, 0.3) is 20.0 Å². The minimum Gasteiger partial charge on any atom is -0.253 e. The van der Waals surface area contributed by atoms with Crippen LogP contribution < -0.4 is 14.4 Å². The van der Waals surface area contributed by atoms with E-state index in [1.54, 1.807) is 12.1 Å². The molecule has 0 unspecified atom stereocenters. The lowest BCUT2D eigenvalue weighted by atomic mass is 9.96. The molecule has 0 saturated heterocycles. The minimum atomic E-state index is -4.06. The van der Waals surface area contributed by atoms with E-state index in [-0.39, 0.29) is 10.0 Å². The maximum Gasteiger partial charge on any atom is 0.267 e. The number of aryl methyl sites for hydroxylation is 2. The maximum atomic E-state index is 12.9.